The van der Waals surface area contributed by atoms with Crippen LogP contribution in [0.15, 0.2) is 24.3 Å². The van der Waals surface area contributed by atoms with Crippen molar-refractivity contribution < 1.29 is 0 Å². The topological polar surface area (TPSA) is 15.3 Å². The summed E-state index contributed by atoms with van der Waals surface area (Å²) in [6.45, 7) is 8.06. The maximum atomic E-state index is 6.11. The first-order chi connectivity index (χ1) is 9.56. The van der Waals surface area contributed by atoms with Gasteiger partial charge in [0, 0.05) is 24.2 Å². The third-order valence-corrected chi connectivity index (χ3v) is 5.12. The van der Waals surface area contributed by atoms with Crippen LogP contribution in [0.1, 0.15) is 44.7 Å². The lowest BCUT2D eigenvalue weighted by atomic mass is 9.77. The van der Waals surface area contributed by atoms with Crippen molar-refractivity contribution in [3.63, 3.8) is 0 Å². The van der Waals surface area contributed by atoms with Crippen LogP contribution in [0, 0.1) is 5.41 Å². The Morgan fingerprint density at radius 1 is 1.45 bits per heavy atom. The first kappa shape index (κ1) is 15.8. The zero-order chi connectivity index (χ0) is 14.6. The summed E-state index contributed by atoms with van der Waals surface area (Å²) >= 11 is 6.11. The second kappa shape index (κ2) is 6.93. The Labute approximate surface area is 128 Å². The summed E-state index contributed by atoms with van der Waals surface area (Å²) in [4.78, 5) is 2.47. The molecule has 1 saturated heterocycles. The van der Waals surface area contributed by atoms with Crippen LogP contribution in [0.3, 0.4) is 0 Å². The van der Waals surface area contributed by atoms with Gasteiger partial charge in [-0.05, 0) is 62.9 Å². The average molecular weight is 295 g/mol. The van der Waals surface area contributed by atoms with Gasteiger partial charge in [-0.15, -0.1) is 0 Å². The molecule has 1 heterocycles. The molecule has 2 atom stereocenters. The highest BCUT2D eigenvalue weighted by molar-refractivity contribution is 6.30. The van der Waals surface area contributed by atoms with E-state index in [-0.39, 0.29) is 0 Å². The summed E-state index contributed by atoms with van der Waals surface area (Å²) < 4.78 is 0. The van der Waals surface area contributed by atoms with Crippen LogP contribution in [-0.4, -0.2) is 31.6 Å². The molecule has 1 aliphatic rings. The highest BCUT2D eigenvalue weighted by atomic mass is 35.5. The Balaban J connectivity index is 2.04. The van der Waals surface area contributed by atoms with E-state index in [4.69, 9.17) is 11.6 Å². The van der Waals surface area contributed by atoms with Gasteiger partial charge in [-0.1, -0.05) is 30.7 Å². The monoisotopic (exact) mass is 294 g/mol. The van der Waals surface area contributed by atoms with Crippen LogP contribution in [0.4, 0.5) is 0 Å². The first-order valence-corrected chi connectivity index (χ1v) is 8.10. The van der Waals surface area contributed by atoms with Gasteiger partial charge in [0.05, 0.1) is 0 Å². The van der Waals surface area contributed by atoms with Gasteiger partial charge >= 0.3 is 0 Å². The van der Waals surface area contributed by atoms with Crippen LogP contribution >= 0.6 is 11.6 Å². The standard InChI is InChI=1S/C17H27ClN2/c1-4-17(9-6-10-19-12-17)13-20(3)14(2)15-7-5-8-16(18)11-15/h5,7-8,11,14,19H,4,6,9-10,12-13H2,1-3H3. The molecule has 0 bridgehead atoms. The largest absolute Gasteiger partial charge is 0.316 e. The van der Waals surface area contributed by atoms with E-state index in [1.165, 1.54) is 31.4 Å². The number of benzene rings is 1. The second-order valence-corrected chi connectivity index (χ2v) is 6.72. The lowest BCUT2D eigenvalue weighted by Crippen LogP contribution is -2.46. The van der Waals surface area contributed by atoms with E-state index < -0.39 is 0 Å². The van der Waals surface area contributed by atoms with E-state index in [1.807, 2.05) is 12.1 Å². The van der Waals surface area contributed by atoms with Crippen molar-refractivity contribution in [1.29, 1.82) is 0 Å². The summed E-state index contributed by atoms with van der Waals surface area (Å²) in [6, 6.07) is 8.64. The van der Waals surface area contributed by atoms with Crippen LogP contribution in [0.2, 0.25) is 5.02 Å². The Bertz CT molecular complexity index is 427. The molecule has 2 nitrogen and oxygen atoms in total. The molecule has 0 amide bonds. The average Bonchev–Trinajstić information content (AvgIpc) is 2.47. The lowest BCUT2D eigenvalue weighted by Gasteiger charge is -2.41. The lowest BCUT2D eigenvalue weighted by molar-refractivity contribution is 0.106. The first-order valence-electron chi connectivity index (χ1n) is 7.73. The van der Waals surface area contributed by atoms with E-state index in [2.05, 4.69) is 43.2 Å². The van der Waals surface area contributed by atoms with Gasteiger partial charge in [-0.3, -0.25) is 4.90 Å². The quantitative estimate of drug-likeness (QED) is 0.879. The molecular formula is C17H27ClN2. The smallest absolute Gasteiger partial charge is 0.0409 e. The molecule has 1 aromatic rings. The van der Waals surface area contributed by atoms with E-state index in [0.29, 0.717) is 11.5 Å². The van der Waals surface area contributed by atoms with Crippen molar-refractivity contribution in [2.24, 2.45) is 5.41 Å². The van der Waals surface area contributed by atoms with Crippen molar-refractivity contribution in [2.45, 2.75) is 39.2 Å². The molecule has 20 heavy (non-hydrogen) atoms. The fourth-order valence-electron chi connectivity index (χ4n) is 3.27. The van der Waals surface area contributed by atoms with Gasteiger partial charge in [0.15, 0.2) is 0 Å². The molecule has 0 aliphatic carbocycles. The van der Waals surface area contributed by atoms with Crippen LogP contribution < -0.4 is 5.32 Å². The maximum absolute atomic E-state index is 6.11. The molecule has 0 saturated carbocycles. The number of rotatable bonds is 5. The van der Waals surface area contributed by atoms with Gasteiger partial charge in [-0.25, -0.2) is 0 Å². The molecule has 1 aliphatic heterocycles. The molecule has 2 unspecified atom stereocenters. The number of halogens is 1. The zero-order valence-electron chi connectivity index (χ0n) is 13.0. The molecule has 1 N–H and O–H groups in total. The summed E-state index contributed by atoms with van der Waals surface area (Å²) in [5.74, 6) is 0. The zero-order valence-corrected chi connectivity index (χ0v) is 13.7. The van der Waals surface area contributed by atoms with Crippen molar-refractivity contribution in [2.75, 3.05) is 26.7 Å². The Morgan fingerprint density at radius 2 is 2.25 bits per heavy atom. The summed E-state index contributed by atoms with van der Waals surface area (Å²) in [6.07, 6.45) is 3.88. The van der Waals surface area contributed by atoms with Crippen molar-refractivity contribution >= 4 is 11.6 Å². The third kappa shape index (κ3) is 3.75. The molecule has 0 radical (unpaired) electrons. The third-order valence-electron chi connectivity index (χ3n) is 4.89. The molecule has 112 valence electrons. The van der Waals surface area contributed by atoms with Crippen molar-refractivity contribution in [3.05, 3.63) is 34.9 Å². The summed E-state index contributed by atoms with van der Waals surface area (Å²) in [5.41, 5.74) is 1.73. The number of hydrogen-bond donors (Lipinski definition) is 1. The van der Waals surface area contributed by atoms with E-state index in [1.54, 1.807) is 0 Å². The molecule has 1 fully saturated rings. The number of nitrogens with one attached hydrogen (secondary N) is 1. The predicted molar refractivity (Wildman–Crippen MR) is 87.3 cm³/mol. The SMILES string of the molecule is CCC1(CN(C)C(C)c2cccc(Cl)c2)CCCNC1. The van der Waals surface area contributed by atoms with E-state index >= 15 is 0 Å². The highest BCUT2D eigenvalue weighted by Gasteiger charge is 2.32. The van der Waals surface area contributed by atoms with Gasteiger partial charge < -0.3 is 5.32 Å². The highest BCUT2D eigenvalue weighted by Crippen LogP contribution is 2.33. The fourth-order valence-corrected chi connectivity index (χ4v) is 3.46. The second-order valence-electron chi connectivity index (χ2n) is 6.28. The van der Waals surface area contributed by atoms with Gasteiger partial charge in [-0.2, -0.15) is 0 Å². The van der Waals surface area contributed by atoms with Gasteiger partial charge in [0.1, 0.15) is 0 Å². The van der Waals surface area contributed by atoms with Crippen molar-refractivity contribution in [3.8, 4) is 0 Å². The summed E-state index contributed by atoms with van der Waals surface area (Å²) in [7, 11) is 2.23. The van der Waals surface area contributed by atoms with E-state index in [9.17, 15) is 0 Å². The van der Waals surface area contributed by atoms with E-state index in [0.717, 1.165) is 18.1 Å². The maximum Gasteiger partial charge on any atom is 0.0409 e. The number of nitrogens with zero attached hydrogens (tertiary/aromatic N) is 1. The van der Waals surface area contributed by atoms with Crippen LogP contribution in [0.5, 0.6) is 0 Å². The number of piperidine rings is 1. The van der Waals surface area contributed by atoms with Gasteiger partial charge in [0.2, 0.25) is 0 Å². The molecule has 0 aromatic heterocycles. The minimum Gasteiger partial charge on any atom is -0.316 e. The fraction of sp³-hybridized carbons (Fsp3) is 0.647. The normalized spacial score (nSPS) is 24.9. The molecular weight excluding hydrogens is 268 g/mol. The Morgan fingerprint density at radius 3 is 2.85 bits per heavy atom. The van der Waals surface area contributed by atoms with Gasteiger partial charge in [0.25, 0.3) is 0 Å². The molecule has 1 aromatic carbocycles. The Kier molecular flexibility index (Phi) is 5.48. The van der Waals surface area contributed by atoms with Crippen LogP contribution in [0.25, 0.3) is 0 Å². The molecule has 2 rings (SSSR count). The minimum absolute atomic E-state index is 0.402. The molecule has 0 spiro atoms. The Hall–Kier alpha value is -0.570. The molecule has 3 heteroatoms. The predicted octanol–water partition coefficient (Wildman–Crippen LogP) is 4.11. The summed E-state index contributed by atoms with van der Waals surface area (Å²) in [5, 5.41) is 4.40. The van der Waals surface area contributed by atoms with Crippen LogP contribution in [-0.2, 0) is 0 Å². The van der Waals surface area contributed by atoms with Crippen molar-refractivity contribution in [1.82, 2.24) is 10.2 Å². The number of hydrogen-bond acceptors (Lipinski definition) is 2. The minimum atomic E-state index is 0.402.